The van der Waals surface area contributed by atoms with Crippen LogP contribution in [0.3, 0.4) is 0 Å². The van der Waals surface area contributed by atoms with E-state index in [1.54, 1.807) is 6.92 Å². The minimum absolute atomic E-state index is 0.0559. The smallest absolute Gasteiger partial charge is 0.321 e. The molecule has 1 aromatic carbocycles. The molecule has 0 unspecified atom stereocenters. The molecular formula is C11H15BrN2O4S. The topological polar surface area (TPSA) is 89.7 Å². The van der Waals surface area contributed by atoms with Crippen molar-refractivity contribution in [2.45, 2.75) is 11.8 Å². The number of nitrogens with zero attached hydrogens (tertiary/aromatic N) is 1. The summed E-state index contributed by atoms with van der Waals surface area (Å²) in [5.41, 5.74) is 6.04. The fourth-order valence-electron chi connectivity index (χ4n) is 1.32. The first-order chi connectivity index (χ1) is 8.78. The van der Waals surface area contributed by atoms with E-state index >= 15 is 0 Å². The fraction of sp³-hybridized carbons (Fsp3) is 0.364. The lowest BCUT2D eigenvalue weighted by molar-refractivity contribution is -0.143. The van der Waals surface area contributed by atoms with E-state index in [-0.39, 0.29) is 18.0 Å². The molecule has 0 radical (unpaired) electrons. The number of ether oxygens (including phenoxy) is 1. The lowest BCUT2D eigenvalue weighted by Gasteiger charge is -2.16. The molecule has 106 valence electrons. The van der Waals surface area contributed by atoms with Crippen LogP contribution in [0, 0.1) is 0 Å². The van der Waals surface area contributed by atoms with E-state index in [1.165, 1.54) is 25.2 Å². The maximum absolute atomic E-state index is 12.2. The highest BCUT2D eigenvalue weighted by molar-refractivity contribution is 9.10. The third-order valence-electron chi connectivity index (χ3n) is 2.34. The molecule has 0 aliphatic heterocycles. The van der Waals surface area contributed by atoms with E-state index in [1.807, 2.05) is 0 Å². The highest BCUT2D eigenvalue weighted by atomic mass is 79.9. The van der Waals surface area contributed by atoms with E-state index in [4.69, 9.17) is 10.5 Å². The van der Waals surface area contributed by atoms with E-state index in [2.05, 4.69) is 15.9 Å². The van der Waals surface area contributed by atoms with E-state index < -0.39 is 16.0 Å². The van der Waals surface area contributed by atoms with Gasteiger partial charge in [0.1, 0.15) is 6.54 Å². The van der Waals surface area contributed by atoms with Crippen molar-refractivity contribution < 1.29 is 17.9 Å². The second kappa shape index (κ2) is 6.36. The second-order valence-corrected chi connectivity index (χ2v) is 6.65. The Morgan fingerprint density at radius 1 is 1.47 bits per heavy atom. The van der Waals surface area contributed by atoms with Gasteiger partial charge in [-0.3, -0.25) is 4.79 Å². The molecule has 0 aliphatic rings. The van der Waals surface area contributed by atoms with Crippen LogP contribution in [-0.4, -0.2) is 38.9 Å². The summed E-state index contributed by atoms with van der Waals surface area (Å²) in [5, 5.41) is 0. The van der Waals surface area contributed by atoms with Crippen molar-refractivity contribution in [1.29, 1.82) is 0 Å². The van der Waals surface area contributed by atoms with Gasteiger partial charge in [-0.05, 0) is 41.1 Å². The summed E-state index contributed by atoms with van der Waals surface area (Å²) in [6, 6.07) is 4.26. The summed E-state index contributed by atoms with van der Waals surface area (Å²) in [4.78, 5) is 11.4. The molecule has 2 N–H and O–H groups in total. The van der Waals surface area contributed by atoms with Crippen molar-refractivity contribution in [3.05, 3.63) is 22.7 Å². The van der Waals surface area contributed by atoms with Crippen LogP contribution in [0.15, 0.2) is 27.6 Å². The molecule has 0 aromatic heterocycles. The number of rotatable bonds is 5. The number of hydrogen-bond acceptors (Lipinski definition) is 5. The predicted octanol–water partition coefficient (Wildman–Crippen LogP) is 1.21. The van der Waals surface area contributed by atoms with Gasteiger partial charge in [0.2, 0.25) is 10.0 Å². The highest BCUT2D eigenvalue weighted by Crippen LogP contribution is 2.24. The van der Waals surface area contributed by atoms with Gasteiger partial charge < -0.3 is 10.5 Å². The number of halogens is 1. The Hall–Kier alpha value is -1.12. The number of benzene rings is 1. The standard InChI is InChI=1S/C11H15BrN2O4S/c1-3-18-11(15)7-14(2)19(16,17)8-4-5-10(13)9(12)6-8/h4-6H,3,7,13H2,1-2H3. The molecule has 0 fully saturated rings. The van der Waals surface area contributed by atoms with Gasteiger partial charge in [-0.25, -0.2) is 8.42 Å². The molecule has 0 saturated carbocycles. The van der Waals surface area contributed by atoms with Gasteiger partial charge in [-0.1, -0.05) is 0 Å². The molecule has 19 heavy (non-hydrogen) atoms. The molecule has 0 atom stereocenters. The number of hydrogen-bond donors (Lipinski definition) is 1. The van der Waals surface area contributed by atoms with Crippen LogP contribution < -0.4 is 5.73 Å². The molecule has 0 saturated heterocycles. The largest absolute Gasteiger partial charge is 0.465 e. The third kappa shape index (κ3) is 3.92. The number of likely N-dealkylation sites (N-methyl/N-ethyl adjacent to an activating group) is 1. The maximum atomic E-state index is 12.2. The van der Waals surface area contributed by atoms with Gasteiger partial charge in [0.25, 0.3) is 0 Å². The third-order valence-corrected chi connectivity index (χ3v) is 4.82. The molecule has 0 heterocycles. The van der Waals surface area contributed by atoms with Crippen molar-refractivity contribution in [3.8, 4) is 0 Å². The van der Waals surface area contributed by atoms with Gasteiger partial charge in [-0.2, -0.15) is 4.31 Å². The van der Waals surface area contributed by atoms with Crippen LogP contribution in [0.4, 0.5) is 5.69 Å². The van der Waals surface area contributed by atoms with Crippen molar-refractivity contribution in [2.24, 2.45) is 0 Å². The monoisotopic (exact) mass is 350 g/mol. The predicted molar refractivity (Wildman–Crippen MR) is 75.0 cm³/mol. The van der Waals surface area contributed by atoms with Crippen LogP contribution in [0.1, 0.15) is 6.92 Å². The Labute approximate surface area is 120 Å². The van der Waals surface area contributed by atoms with Crippen LogP contribution in [0.25, 0.3) is 0 Å². The molecule has 0 aliphatic carbocycles. The summed E-state index contributed by atoms with van der Waals surface area (Å²) in [6.45, 7) is 1.53. The Morgan fingerprint density at radius 3 is 2.63 bits per heavy atom. The van der Waals surface area contributed by atoms with E-state index in [0.29, 0.717) is 10.2 Å². The van der Waals surface area contributed by atoms with Crippen LogP contribution in [-0.2, 0) is 19.6 Å². The normalized spacial score (nSPS) is 11.6. The molecule has 6 nitrogen and oxygen atoms in total. The van der Waals surface area contributed by atoms with Crippen molar-refractivity contribution in [3.63, 3.8) is 0 Å². The van der Waals surface area contributed by atoms with Gasteiger partial charge in [-0.15, -0.1) is 0 Å². The van der Waals surface area contributed by atoms with E-state index in [9.17, 15) is 13.2 Å². The maximum Gasteiger partial charge on any atom is 0.321 e. The van der Waals surface area contributed by atoms with Crippen molar-refractivity contribution in [1.82, 2.24) is 4.31 Å². The summed E-state index contributed by atoms with van der Waals surface area (Å²) in [6.07, 6.45) is 0. The molecule has 0 amide bonds. The Balaban J connectivity index is 2.96. The Kier molecular flexibility index (Phi) is 5.33. The summed E-state index contributed by atoms with van der Waals surface area (Å²) < 4.78 is 30.5. The van der Waals surface area contributed by atoms with Gasteiger partial charge in [0.15, 0.2) is 0 Å². The molecule has 1 aromatic rings. The lowest BCUT2D eigenvalue weighted by atomic mass is 10.3. The van der Waals surface area contributed by atoms with Gasteiger partial charge >= 0.3 is 5.97 Å². The zero-order valence-electron chi connectivity index (χ0n) is 10.6. The summed E-state index contributed by atoms with van der Waals surface area (Å²) in [7, 11) is -2.43. The molecule has 1 rings (SSSR count). The van der Waals surface area contributed by atoms with Crippen LogP contribution >= 0.6 is 15.9 Å². The minimum atomic E-state index is -3.74. The number of nitrogens with two attached hydrogens (primary N) is 1. The number of sulfonamides is 1. The molecule has 8 heteroatoms. The van der Waals surface area contributed by atoms with E-state index in [0.717, 1.165) is 4.31 Å². The van der Waals surface area contributed by atoms with Gasteiger partial charge in [0, 0.05) is 17.2 Å². The lowest BCUT2D eigenvalue weighted by Crippen LogP contribution is -2.33. The molecule has 0 bridgehead atoms. The first-order valence-electron chi connectivity index (χ1n) is 5.46. The summed E-state index contributed by atoms with van der Waals surface area (Å²) in [5.74, 6) is -0.594. The highest BCUT2D eigenvalue weighted by Gasteiger charge is 2.23. The number of anilines is 1. The number of carbonyl (C=O) groups excluding carboxylic acids is 1. The van der Waals surface area contributed by atoms with Gasteiger partial charge in [0.05, 0.1) is 11.5 Å². The van der Waals surface area contributed by atoms with Crippen LogP contribution in [0.2, 0.25) is 0 Å². The Morgan fingerprint density at radius 2 is 2.11 bits per heavy atom. The second-order valence-electron chi connectivity index (χ2n) is 3.75. The SMILES string of the molecule is CCOC(=O)CN(C)S(=O)(=O)c1ccc(N)c(Br)c1. The molecule has 0 spiro atoms. The number of nitrogen functional groups attached to an aromatic ring is 1. The summed E-state index contributed by atoms with van der Waals surface area (Å²) >= 11 is 3.16. The average molecular weight is 351 g/mol. The minimum Gasteiger partial charge on any atom is -0.465 e. The van der Waals surface area contributed by atoms with Crippen molar-refractivity contribution in [2.75, 3.05) is 25.9 Å². The zero-order valence-corrected chi connectivity index (χ0v) is 13.0. The first kappa shape index (κ1) is 15.9. The average Bonchev–Trinajstić information content (AvgIpc) is 2.32. The first-order valence-corrected chi connectivity index (χ1v) is 7.69. The molecular weight excluding hydrogens is 336 g/mol. The fourth-order valence-corrected chi connectivity index (χ4v) is 2.99. The quantitative estimate of drug-likeness (QED) is 0.636. The zero-order chi connectivity index (χ0) is 14.6. The number of esters is 1. The Bertz CT molecular complexity index is 574. The van der Waals surface area contributed by atoms with Crippen molar-refractivity contribution >= 4 is 37.6 Å². The van der Waals surface area contributed by atoms with Crippen LogP contribution in [0.5, 0.6) is 0 Å². The number of carbonyl (C=O) groups is 1.